The minimum Gasteiger partial charge on any atom is -0.455 e. The van der Waals surface area contributed by atoms with Crippen molar-refractivity contribution in [3.8, 4) is 11.5 Å². The molecular formula is C20H18N4O2. The van der Waals surface area contributed by atoms with Crippen molar-refractivity contribution in [1.29, 1.82) is 0 Å². The molecule has 2 N–H and O–H groups in total. The lowest BCUT2D eigenvalue weighted by Crippen LogP contribution is -2.14. The van der Waals surface area contributed by atoms with Crippen molar-refractivity contribution in [2.75, 3.05) is 10.6 Å². The first-order valence-electron chi connectivity index (χ1n) is 8.51. The third kappa shape index (κ3) is 3.97. The van der Waals surface area contributed by atoms with E-state index in [0.717, 1.165) is 24.3 Å². The summed E-state index contributed by atoms with van der Waals surface area (Å²) in [6, 6.07) is 20.7. The van der Waals surface area contributed by atoms with E-state index in [2.05, 4.69) is 20.8 Å². The lowest BCUT2D eigenvalue weighted by molar-refractivity contribution is -0.117. The van der Waals surface area contributed by atoms with Crippen LogP contribution in [0, 0.1) is 5.92 Å². The van der Waals surface area contributed by atoms with Crippen LogP contribution in [0.1, 0.15) is 12.8 Å². The Balaban J connectivity index is 1.46. The number of ether oxygens (including phenoxy) is 1. The molecule has 0 saturated heterocycles. The van der Waals surface area contributed by atoms with Crippen molar-refractivity contribution in [2.45, 2.75) is 12.8 Å². The van der Waals surface area contributed by atoms with Gasteiger partial charge in [-0.1, -0.05) is 30.3 Å². The molecule has 0 unspecified atom stereocenters. The van der Waals surface area contributed by atoms with Crippen LogP contribution in [0.4, 0.5) is 17.3 Å². The van der Waals surface area contributed by atoms with Gasteiger partial charge < -0.3 is 15.4 Å². The van der Waals surface area contributed by atoms with E-state index < -0.39 is 0 Å². The van der Waals surface area contributed by atoms with E-state index in [0.29, 0.717) is 17.4 Å². The molecule has 1 fully saturated rings. The largest absolute Gasteiger partial charge is 0.455 e. The van der Waals surface area contributed by atoms with Crippen LogP contribution < -0.4 is 15.4 Å². The van der Waals surface area contributed by atoms with Crippen LogP contribution in [0.5, 0.6) is 11.5 Å². The fourth-order valence-electron chi connectivity index (χ4n) is 2.45. The fraction of sp³-hybridized carbons (Fsp3) is 0.150. The molecule has 2 aromatic carbocycles. The van der Waals surface area contributed by atoms with Crippen LogP contribution in [0.3, 0.4) is 0 Å². The number of carbonyl (C=O) groups is 1. The van der Waals surface area contributed by atoms with Gasteiger partial charge in [-0.15, -0.1) is 10.2 Å². The second-order valence-corrected chi connectivity index (χ2v) is 6.10. The highest BCUT2D eigenvalue weighted by Crippen LogP contribution is 2.31. The quantitative estimate of drug-likeness (QED) is 0.693. The monoisotopic (exact) mass is 346 g/mol. The zero-order chi connectivity index (χ0) is 17.8. The maximum Gasteiger partial charge on any atom is 0.228 e. The Morgan fingerprint density at radius 3 is 2.31 bits per heavy atom. The van der Waals surface area contributed by atoms with Crippen molar-refractivity contribution in [3.05, 3.63) is 66.7 Å². The Hall–Kier alpha value is -3.41. The van der Waals surface area contributed by atoms with Crippen LogP contribution in [-0.2, 0) is 4.79 Å². The zero-order valence-electron chi connectivity index (χ0n) is 14.1. The fourth-order valence-corrected chi connectivity index (χ4v) is 2.45. The molecule has 1 aliphatic carbocycles. The third-order valence-corrected chi connectivity index (χ3v) is 3.98. The van der Waals surface area contributed by atoms with Crippen LogP contribution in [0.2, 0.25) is 0 Å². The number of anilines is 3. The van der Waals surface area contributed by atoms with Crippen LogP contribution in [0.25, 0.3) is 0 Å². The van der Waals surface area contributed by atoms with E-state index in [1.54, 1.807) is 12.1 Å². The summed E-state index contributed by atoms with van der Waals surface area (Å²) in [4.78, 5) is 11.8. The summed E-state index contributed by atoms with van der Waals surface area (Å²) < 4.78 is 5.92. The highest BCUT2D eigenvalue weighted by atomic mass is 16.5. The number of aromatic nitrogens is 2. The van der Waals surface area contributed by atoms with Gasteiger partial charge in [0.05, 0.1) is 5.69 Å². The van der Waals surface area contributed by atoms with Crippen molar-refractivity contribution >= 4 is 23.2 Å². The summed E-state index contributed by atoms with van der Waals surface area (Å²) in [6.07, 6.45) is 1.91. The highest BCUT2D eigenvalue weighted by Gasteiger charge is 2.29. The summed E-state index contributed by atoms with van der Waals surface area (Å²) in [5.41, 5.74) is 0.778. The number of hydrogen-bond acceptors (Lipinski definition) is 5. The number of amides is 1. The Morgan fingerprint density at radius 2 is 1.58 bits per heavy atom. The van der Waals surface area contributed by atoms with E-state index in [1.807, 2.05) is 54.6 Å². The lowest BCUT2D eigenvalue weighted by atomic mass is 10.3. The van der Waals surface area contributed by atoms with Crippen molar-refractivity contribution in [2.24, 2.45) is 5.92 Å². The topological polar surface area (TPSA) is 76.1 Å². The molecule has 0 atom stereocenters. The van der Waals surface area contributed by atoms with E-state index in [4.69, 9.17) is 4.74 Å². The van der Waals surface area contributed by atoms with E-state index in [1.165, 1.54) is 0 Å². The van der Waals surface area contributed by atoms with Gasteiger partial charge in [0.15, 0.2) is 17.4 Å². The Kier molecular flexibility index (Phi) is 4.47. The number of nitrogens with zero attached hydrogens (tertiary/aromatic N) is 2. The molecule has 0 aliphatic heterocycles. The predicted octanol–water partition coefficient (Wildman–Crippen LogP) is 4.36. The maximum atomic E-state index is 11.8. The molecular weight excluding hydrogens is 328 g/mol. The summed E-state index contributed by atoms with van der Waals surface area (Å²) in [6.45, 7) is 0. The van der Waals surface area contributed by atoms with Gasteiger partial charge in [0.2, 0.25) is 5.91 Å². The van der Waals surface area contributed by atoms with Gasteiger partial charge in [0.1, 0.15) is 5.75 Å². The van der Waals surface area contributed by atoms with Crippen molar-refractivity contribution in [1.82, 2.24) is 10.2 Å². The molecule has 26 heavy (non-hydrogen) atoms. The molecule has 1 heterocycles. The third-order valence-electron chi connectivity index (χ3n) is 3.98. The van der Waals surface area contributed by atoms with Gasteiger partial charge in [-0.25, -0.2) is 0 Å². The number of benzene rings is 2. The Morgan fingerprint density at radius 1 is 0.885 bits per heavy atom. The molecule has 3 aromatic rings. The molecule has 1 amide bonds. The minimum absolute atomic E-state index is 0.0154. The van der Waals surface area contributed by atoms with Crippen LogP contribution in [0.15, 0.2) is 66.7 Å². The first kappa shape index (κ1) is 16.1. The molecule has 1 aliphatic rings. The van der Waals surface area contributed by atoms with Crippen molar-refractivity contribution in [3.63, 3.8) is 0 Å². The second-order valence-electron chi connectivity index (χ2n) is 6.10. The van der Waals surface area contributed by atoms with Gasteiger partial charge >= 0.3 is 0 Å². The average molecular weight is 346 g/mol. The summed E-state index contributed by atoms with van der Waals surface area (Å²) >= 11 is 0. The number of hydrogen-bond donors (Lipinski definition) is 2. The first-order chi connectivity index (χ1) is 12.8. The molecule has 6 heteroatoms. The Labute approximate surface area is 151 Å². The molecule has 6 nitrogen and oxygen atoms in total. The van der Waals surface area contributed by atoms with Gasteiger partial charge in [-0.2, -0.15) is 0 Å². The zero-order valence-corrected chi connectivity index (χ0v) is 14.1. The van der Waals surface area contributed by atoms with Gasteiger partial charge in [0, 0.05) is 5.92 Å². The smallest absolute Gasteiger partial charge is 0.228 e. The lowest BCUT2D eigenvalue weighted by Gasteiger charge is -2.12. The van der Waals surface area contributed by atoms with E-state index >= 15 is 0 Å². The minimum atomic E-state index is 0.0154. The molecule has 0 spiro atoms. The maximum absolute atomic E-state index is 11.8. The summed E-state index contributed by atoms with van der Waals surface area (Å²) in [5.74, 6) is 2.62. The molecule has 0 bridgehead atoms. The Bertz CT molecular complexity index is 893. The first-order valence-corrected chi connectivity index (χ1v) is 8.51. The number of para-hydroxylation sites is 3. The van der Waals surface area contributed by atoms with Crippen LogP contribution >= 0.6 is 0 Å². The van der Waals surface area contributed by atoms with E-state index in [-0.39, 0.29) is 11.8 Å². The second kappa shape index (κ2) is 7.23. The molecule has 0 radical (unpaired) electrons. The molecule has 130 valence electrons. The molecule has 1 saturated carbocycles. The standard InChI is InChI=1S/C20H18N4O2/c25-20(14-10-11-14)22-19-13-12-18(23-24-19)21-16-8-4-5-9-17(16)26-15-6-2-1-3-7-15/h1-9,12-14H,10-11H2,(H,21,23)(H,22,24,25). The number of nitrogens with one attached hydrogen (secondary N) is 2. The average Bonchev–Trinajstić information content (AvgIpc) is 3.51. The molecule has 1 aromatic heterocycles. The predicted molar refractivity (Wildman–Crippen MR) is 99.6 cm³/mol. The van der Waals surface area contributed by atoms with Crippen molar-refractivity contribution < 1.29 is 9.53 Å². The number of rotatable bonds is 6. The summed E-state index contributed by atoms with van der Waals surface area (Å²) in [7, 11) is 0. The molecule has 4 rings (SSSR count). The van der Waals surface area contributed by atoms with Gasteiger partial charge in [-0.05, 0) is 49.2 Å². The summed E-state index contributed by atoms with van der Waals surface area (Å²) in [5, 5.41) is 14.1. The SMILES string of the molecule is O=C(Nc1ccc(Nc2ccccc2Oc2ccccc2)nn1)C1CC1. The normalized spacial score (nSPS) is 13.1. The van der Waals surface area contributed by atoms with E-state index in [9.17, 15) is 4.79 Å². The number of carbonyl (C=O) groups excluding carboxylic acids is 1. The van der Waals surface area contributed by atoms with Gasteiger partial charge in [-0.3, -0.25) is 4.79 Å². The highest BCUT2D eigenvalue weighted by molar-refractivity contribution is 5.93. The van der Waals surface area contributed by atoms with Gasteiger partial charge in [0.25, 0.3) is 0 Å². The van der Waals surface area contributed by atoms with Crippen LogP contribution in [-0.4, -0.2) is 16.1 Å².